The number of hydrogen-bond acceptors (Lipinski definition) is 3. The molecule has 1 rings (SSSR count). The summed E-state index contributed by atoms with van der Waals surface area (Å²) in [6.45, 7) is 4.76. The molecule has 0 aromatic rings. The third kappa shape index (κ3) is 2.38. The van der Waals surface area contributed by atoms with Crippen LogP contribution in [-0.2, 0) is 4.79 Å². The molecule has 1 fully saturated rings. The van der Waals surface area contributed by atoms with Crippen molar-refractivity contribution in [2.75, 3.05) is 25.4 Å². The van der Waals surface area contributed by atoms with Gasteiger partial charge in [-0.15, -0.1) is 11.8 Å². The van der Waals surface area contributed by atoms with E-state index in [0.717, 1.165) is 18.8 Å². The molecule has 0 radical (unpaired) electrons. The Morgan fingerprint density at radius 2 is 2.55 bits per heavy atom. The first kappa shape index (κ1) is 8.87. The van der Waals surface area contributed by atoms with Crippen molar-refractivity contribution in [1.82, 2.24) is 4.90 Å². The molecule has 0 spiro atoms. The molecule has 64 valence electrons. The molecule has 11 heavy (non-hydrogen) atoms. The Labute approximate surface area is 70.8 Å². The third-order valence-electron chi connectivity index (χ3n) is 1.87. The fourth-order valence-electron chi connectivity index (χ4n) is 1.14. The number of rotatable bonds is 2. The van der Waals surface area contributed by atoms with Gasteiger partial charge >= 0.3 is 5.97 Å². The Morgan fingerprint density at radius 1 is 1.82 bits per heavy atom. The number of nitrogens with zero attached hydrogens (tertiary/aromatic N) is 1. The molecule has 1 aliphatic heterocycles. The lowest BCUT2D eigenvalue weighted by atomic mass is 10.3. The Kier molecular flexibility index (Phi) is 3.20. The monoisotopic (exact) mass is 175 g/mol. The highest BCUT2D eigenvalue weighted by Crippen LogP contribution is 2.17. The fraction of sp³-hybridized carbons (Fsp3) is 0.857. The molecule has 1 aliphatic rings. The first-order valence-electron chi connectivity index (χ1n) is 3.80. The van der Waals surface area contributed by atoms with Crippen LogP contribution in [0, 0.1) is 0 Å². The summed E-state index contributed by atoms with van der Waals surface area (Å²) in [4.78, 5) is 12.7. The minimum atomic E-state index is -0.673. The van der Waals surface area contributed by atoms with Crippen LogP contribution in [0.25, 0.3) is 0 Å². The van der Waals surface area contributed by atoms with Crippen molar-refractivity contribution in [3.63, 3.8) is 0 Å². The smallest absolute Gasteiger partial charge is 0.317 e. The molecule has 0 bridgehead atoms. The molecule has 4 heteroatoms. The van der Waals surface area contributed by atoms with Gasteiger partial charge < -0.3 is 10.0 Å². The van der Waals surface area contributed by atoms with Crippen LogP contribution in [0.4, 0.5) is 0 Å². The minimum Gasteiger partial charge on any atom is -0.480 e. The van der Waals surface area contributed by atoms with Crippen molar-refractivity contribution in [3.8, 4) is 0 Å². The third-order valence-corrected chi connectivity index (χ3v) is 3.04. The Hall–Kier alpha value is -0.220. The number of hydrogen-bond donors (Lipinski definition) is 1. The van der Waals surface area contributed by atoms with E-state index in [-0.39, 0.29) is 5.25 Å². The standard InChI is InChI=1S/C7H13NO2S/c1-2-8-3-4-11-6(5-8)7(9)10/h6H,2-5H2,1H3,(H,9,10). The molecule has 0 aliphatic carbocycles. The van der Waals surface area contributed by atoms with Gasteiger partial charge in [-0.1, -0.05) is 6.92 Å². The quantitative estimate of drug-likeness (QED) is 0.664. The van der Waals surface area contributed by atoms with Crippen LogP contribution in [0.1, 0.15) is 6.92 Å². The van der Waals surface area contributed by atoms with Gasteiger partial charge in [0.2, 0.25) is 0 Å². The summed E-state index contributed by atoms with van der Waals surface area (Å²) in [5.41, 5.74) is 0. The Bertz CT molecular complexity index is 151. The lowest BCUT2D eigenvalue weighted by Gasteiger charge is -2.28. The van der Waals surface area contributed by atoms with Crippen LogP contribution in [0.2, 0.25) is 0 Å². The van der Waals surface area contributed by atoms with Crippen molar-refractivity contribution in [2.45, 2.75) is 12.2 Å². The predicted octanol–water partition coefficient (Wildman–Crippen LogP) is 0.508. The van der Waals surface area contributed by atoms with Gasteiger partial charge in [-0.05, 0) is 6.54 Å². The summed E-state index contributed by atoms with van der Waals surface area (Å²) in [6.07, 6.45) is 0. The van der Waals surface area contributed by atoms with E-state index in [1.165, 1.54) is 0 Å². The molecule has 1 saturated heterocycles. The lowest BCUT2D eigenvalue weighted by Crippen LogP contribution is -2.41. The highest BCUT2D eigenvalue weighted by atomic mass is 32.2. The fourth-order valence-corrected chi connectivity index (χ4v) is 2.25. The van der Waals surface area contributed by atoms with E-state index < -0.39 is 5.97 Å². The second-order valence-corrected chi connectivity index (χ2v) is 3.90. The van der Waals surface area contributed by atoms with E-state index in [1.807, 2.05) is 0 Å². The van der Waals surface area contributed by atoms with Gasteiger partial charge in [-0.25, -0.2) is 0 Å². The average Bonchev–Trinajstić information content (AvgIpc) is 2.05. The number of carbonyl (C=O) groups is 1. The maximum atomic E-state index is 10.6. The maximum Gasteiger partial charge on any atom is 0.317 e. The van der Waals surface area contributed by atoms with Gasteiger partial charge in [-0.3, -0.25) is 4.79 Å². The molecular weight excluding hydrogens is 162 g/mol. The summed E-state index contributed by atoms with van der Waals surface area (Å²) < 4.78 is 0. The Balaban J connectivity index is 2.39. The lowest BCUT2D eigenvalue weighted by molar-refractivity contribution is -0.136. The summed E-state index contributed by atoms with van der Waals surface area (Å²) in [5.74, 6) is 0.276. The van der Waals surface area contributed by atoms with Crippen LogP contribution >= 0.6 is 11.8 Å². The molecule has 1 unspecified atom stereocenters. The van der Waals surface area contributed by atoms with Crippen LogP contribution in [0.15, 0.2) is 0 Å². The minimum absolute atomic E-state index is 0.205. The summed E-state index contributed by atoms with van der Waals surface area (Å²) in [6, 6.07) is 0. The molecular formula is C7H13NO2S. The van der Waals surface area contributed by atoms with Crippen molar-refractivity contribution < 1.29 is 9.90 Å². The Morgan fingerprint density at radius 3 is 3.09 bits per heavy atom. The van der Waals surface area contributed by atoms with Crippen molar-refractivity contribution in [3.05, 3.63) is 0 Å². The molecule has 1 heterocycles. The van der Waals surface area contributed by atoms with E-state index in [4.69, 9.17) is 5.11 Å². The van der Waals surface area contributed by atoms with Gasteiger partial charge in [0.05, 0.1) is 0 Å². The normalized spacial score (nSPS) is 26.8. The summed E-state index contributed by atoms with van der Waals surface area (Å²) >= 11 is 1.55. The van der Waals surface area contributed by atoms with Gasteiger partial charge in [0, 0.05) is 18.8 Å². The zero-order valence-corrected chi connectivity index (χ0v) is 7.43. The highest BCUT2D eigenvalue weighted by molar-refractivity contribution is 8.00. The second kappa shape index (κ2) is 3.97. The maximum absolute atomic E-state index is 10.6. The van der Waals surface area contributed by atoms with Gasteiger partial charge in [0.1, 0.15) is 5.25 Å². The SMILES string of the molecule is CCN1CCSC(C(=O)O)C1. The average molecular weight is 175 g/mol. The molecule has 1 atom stereocenters. The van der Waals surface area contributed by atoms with Crippen LogP contribution in [0.3, 0.4) is 0 Å². The van der Waals surface area contributed by atoms with E-state index in [2.05, 4.69) is 11.8 Å². The number of aliphatic carboxylic acids is 1. The zero-order chi connectivity index (χ0) is 8.27. The van der Waals surface area contributed by atoms with E-state index >= 15 is 0 Å². The molecule has 0 aromatic carbocycles. The molecule has 0 aromatic heterocycles. The number of carboxylic acid groups (broad SMARTS) is 1. The van der Waals surface area contributed by atoms with Crippen LogP contribution < -0.4 is 0 Å². The molecule has 0 amide bonds. The highest BCUT2D eigenvalue weighted by Gasteiger charge is 2.24. The largest absolute Gasteiger partial charge is 0.480 e. The number of carboxylic acids is 1. The van der Waals surface area contributed by atoms with E-state index in [0.29, 0.717) is 6.54 Å². The van der Waals surface area contributed by atoms with E-state index in [1.54, 1.807) is 11.8 Å². The summed E-state index contributed by atoms with van der Waals surface area (Å²) in [7, 11) is 0. The predicted molar refractivity (Wildman–Crippen MR) is 46.0 cm³/mol. The van der Waals surface area contributed by atoms with Gasteiger partial charge in [0.25, 0.3) is 0 Å². The molecule has 0 saturated carbocycles. The molecule has 1 N–H and O–H groups in total. The van der Waals surface area contributed by atoms with Gasteiger partial charge in [0.15, 0.2) is 0 Å². The van der Waals surface area contributed by atoms with Gasteiger partial charge in [-0.2, -0.15) is 0 Å². The summed E-state index contributed by atoms with van der Waals surface area (Å²) in [5, 5.41) is 8.50. The zero-order valence-electron chi connectivity index (χ0n) is 6.62. The second-order valence-electron chi connectivity index (χ2n) is 2.59. The molecule has 3 nitrogen and oxygen atoms in total. The van der Waals surface area contributed by atoms with E-state index in [9.17, 15) is 4.79 Å². The first-order chi connectivity index (χ1) is 5.24. The van der Waals surface area contributed by atoms with Crippen molar-refractivity contribution in [2.24, 2.45) is 0 Å². The first-order valence-corrected chi connectivity index (χ1v) is 4.85. The van der Waals surface area contributed by atoms with Crippen molar-refractivity contribution in [1.29, 1.82) is 0 Å². The topological polar surface area (TPSA) is 40.5 Å². The van der Waals surface area contributed by atoms with Crippen LogP contribution in [-0.4, -0.2) is 46.6 Å². The van der Waals surface area contributed by atoms with Crippen LogP contribution in [0.5, 0.6) is 0 Å². The number of thioether (sulfide) groups is 1. The van der Waals surface area contributed by atoms with Crippen molar-refractivity contribution >= 4 is 17.7 Å².